The summed E-state index contributed by atoms with van der Waals surface area (Å²) < 4.78 is 0. The van der Waals surface area contributed by atoms with Gasteiger partial charge in [-0.05, 0) is 6.42 Å². The summed E-state index contributed by atoms with van der Waals surface area (Å²) in [4.78, 5) is 0. The van der Waals surface area contributed by atoms with Gasteiger partial charge in [0.25, 0.3) is 0 Å². The molecule has 0 aliphatic carbocycles. The van der Waals surface area contributed by atoms with Gasteiger partial charge >= 0.3 is 0 Å². The minimum atomic E-state index is -0.245. The Labute approximate surface area is 38.0 Å². The highest BCUT2D eigenvalue weighted by atomic mass is 16.3. The largest absolute Gasteiger partial charge is 0.389 e. The van der Waals surface area contributed by atoms with Crippen LogP contribution >= 0.6 is 0 Å². The maximum Gasteiger partial charge on any atom is 0.0964 e. The topological polar surface area (TPSA) is 46.2 Å². The number of rotatable bonds is 2. The first-order chi connectivity index (χ1) is 2.81. The van der Waals surface area contributed by atoms with Crippen molar-refractivity contribution >= 4 is 0 Å². The van der Waals surface area contributed by atoms with Crippen molar-refractivity contribution in [2.24, 2.45) is 5.73 Å². The number of hydrogen-bond acceptors (Lipinski definition) is 2. The van der Waals surface area contributed by atoms with Crippen LogP contribution in [0.3, 0.4) is 0 Å². The lowest BCUT2D eigenvalue weighted by atomic mass is 10.3. The third kappa shape index (κ3) is 2.18. The van der Waals surface area contributed by atoms with Gasteiger partial charge in [0.2, 0.25) is 0 Å². The lowest BCUT2D eigenvalue weighted by Gasteiger charge is -1.97. The molecular formula is C4H9NO. The van der Waals surface area contributed by atoms with E-state index in [4.69, 9.17) is 10.8 Å². The fourth-order valence-electron chi connectivity index (χ4n) is 0.0745. The van der Waals surface area contributed by atoms with Crippen LogP contribution in [-0.4, -0.2) is 11.1 Å². The van der Waals surface area contributed by atoms with E-state index in [9.17, 15) is 0 Å². The van der Waals surface area contributed by atoms with E-state index in [1.807, 2.05) is 0 Å². The van der Waals surface area contributed by atoms with E-state index in [-0.39, 0.29) is 6.04 Å². The van der Waals surface area contributed by atoms with Crippen LogP contribution in [0.5, 0.6) is 0 Å². The van der Waals surface area contributed by atoms with E-state index >= 15 is 0 Å². The van der Waals surface area contributed by atoms with Crippen LogP contribution in [0.4, 0.5) is 0 Å². The van der Waals surface area contributed by atoms with Crippen LogP contribution in [0, 0.1) is 13.5 Å². The van der Waals surface area contributed by atoms with E-state index in [0.717, 1.165) is 6.61 Å². The Bertz CT molecular complexity index is 26.7. The standard InChI is InChI=1S/C4H9NO/c1-2-4(5)3-6/h3-4,6H,1-2,5H2. The number of aliphatic hydroxyl groups excluding tert-OH is 1. The average molecular weight is 87.1 g/mol. The van der Waals surface area contributed by atoms with Crippen molar-refractivity contribution in [3.63, 3.8) is 0 Å². The third-order valence-electron chi connectivity index (χ3n) is 0.525. The summed E-state index contributed by atoms with van der Waals surface area (Å²) in [5.41, 5.74) is 5.10. The molecule has 0 aliphatic rings. The summed E-state index contributed by atoms with van der Waals surface area (Å²) in [6.07, 6.45) is 0.552. The maximum absolute atomic E-state index is 8.04. The maximum atomic E-state index is 8.04. The van der Waals surface area contributed by atoms with Crippen molar-refractivity contribution in [3.05, 3.63) is 13.5 Å². The number of aliphatic hydroxyl groups is 1. The van der Waals surface area contributed by atoms with Crippen molar-refractivity contribution in [3.8, 4) is 0 Å². The molecule has 0 aliphatic heterocycles. The first kappa shape index (κ1) is 5.92. The second kappa shape index (κ2) is 3.12. The first-order valence-corrected chi connectivity index (χ1v) is 1.83. The molecule has 0 spiro atoms. The third-order valence-corrected chi connectivity index (χ3v) is 0.525. The molecule has 1 atom stereocenters. The predicted molar refractivity (Wildman–Crippen MR) is 24.2 cm³/mol. The summed E-state index contributed by atoms with van der Waals surface area (Å²) in [5, 5.41) is 8.04. The first-order valence-electron chi connectivity index (χ1n) is 1.83. The summed E-state index contributed by atoms with van der Waals surface area (Å²) in [6, 6.07) is -0.245. The van der Waals surface area contributed by atoms with Crippen molar-refractivity contribution in [1.29, 1.82) is 0 Å². The Morgan fingerprint density at radius 2 is 2.50 bits per heavy atom. The zero-order valence-corrected chi connectivity index (χ0v) is 3.59. The average Bonchev–Trinajstić information content (AvgIpc) is 1.65. The molecule has 0 fully saturated rings. The van der Waals surface area contributed by atoms with E-state index in [1.165, 1.54) is 0 Å². The second-order valence-corrected chi connectivity index (χ2v) is 1.10. The van der Waals surface area contributed by atoms with Crippen molar-refractivity contribution < 1.29 is 5.11 Å². The van der Waals surface area contributed by atoms with Crippen LogP contribution < -0.4 is 5.73 Å². The van der Waals surface area contributed by atoms with Crippen LogP contribution in [0.1, 0.15) is 6.42 Å². The molecule has 0 aromatic rings. The Kier molecular flexibility index (Phi) is 3.08. The van der Waals surface area contributed by atoms with Gasteiger partial charge in [0, 0.05) is 6.04 Å². The van der Waals surface area contributed by atoms with Gasteiger partial charge in [0.15, 0.2) is 0 Å². The highest BCUT2D eigenvalue weighted by Gasteiger charge is 1.91. The Morgan fingerprint density at radius 1 is 2.00 bits per heavy atom. The van der Waals surface area contributed by atoms with E-state index in [0.29, 0.717) is 6.42 Å². The molecule has 6 heavy (non-hydrogen) atoms. The van der Waals surface area contributed by atoms with Gasteiger partial charge in [-0.25, -0.2) is 0 Å². The zero-order valence-electron chi connectivity index (χ0n) is 3.59. The lowest BCUT2D eigenvalue weighted by Crippen LogP contribution is -2.18. The van der Waals surface area contributed by atoms with E-state index < -0.39 is 0 Å². The smallest absolute Gasteiger partial charge is 0.0964 e. The predicted octanol–water partition coefficient (Wildman–Crippen LogP) is 0.0722. The summed E-state index contributed by atoms with van der Waals surface area (Å²) in [5.74, 6) is 0. The van der Waals surface area contributed by atoms with Gasteiger partial charge < -0.3 is 10.8 Å². The molecular weight excluding hydrogens is 78.0 g/mol. The van der Waals surface area contributed by atoms with Gasteiger partial charge in [-0.15, -0.1) is 0 Å². The summed E-state index contributed by atoms with van der Waals surface area (Å²) >= 11 is 0. The van der Waals surface area contributed by atoms with Crippen molar-refractivity contribution in [2.45, 2.75) is 12.5 Å². The minimum absolute atomic E-state index is 0.245. The van der Waals surface area contributed by atoms with Crippen LogP contribution in [0.25, 0.3) is 0 Å². The molecule has 3 N–H and O–H groups in total. The molecule has 0 heterocycles. The van der Waals surface area contributed by atoms with E-state index in [2.05, 4.69) is 6.92 Å². The monoisotopic (exact) mass is 87.1 g/mol. The fourth-order valence-corrected chi connectivity index (χ4v) is 0.0745. The molecule has 0 rings (SSSR count). The minimum Gasteiger partial charge on any atom is -0.389 e. The van der Waals surface area contributed by atoms with Gasteiger partial charge in [0.1, 0.15) is 0 Å². The summed E-state index contributed by atoms with van der Waals surface area (Å²) in [6.45, 7) is 4.38. The molecule has 0 saturated carbocycles. The Hall–Kier alpha value is -0.0800. The Balaban J connectivity index is 2.75. The van der Waals surface area contributed by atoms with Gasteiger partial charge in [0.05, 0.1) is 6.61 Å². The van der Waals surface area contributed by atoms with E-state index in [1.54, 1.807) is 0 Å². The molecule has 1 unspecified atom stereocenters. The quantitative estimate of drug-likeness (QED) is 0.500. The molecule has 36 valence electrons. The SMILES string of the molecule is [CH2]CC(N)[CH]O. The van der Waals surface area contributed by atoms with Crippen LogP contribution in [0.2, 0.25) is 0 Å². The molecule has 0 saturated heterocycles. The van der Waals surface area contributed by atoms with Crippen LogP contribution in [0.15, 0.2) is 0 Å². The zero-order chi connectivity index (χ0) is 4.99. The highest BCUT2D eigenvalue weighted by molar-refractivity contribution is 4.68. The molecule has 2 nitrogen and oxygen atoms in total. The molecule has 0 amide bonds. The normalized spacial score (nSPS) is 14.5. The van der Waals surface area contributed by atoms with Gasteiger partial charge in [-0.3, -0.25) is 0 Å². The molecule has 0 aromatic carbocycles. The second-order valence-electron chi connectivity index (χ2n) is 1.10. The van der Waals surface area contributed by atoms with Gasteiger partial charge in [-0.1, -0.05) is 6.92 Å². The fraction of sp³-hybridized carbons (Fsp3) is 0.500. The number of nitrogens with two attached hydrogens (primary N) is 1. The molecule has 0 aromatic heterocycles. The lowest BCUT2D eigenvalue weighted by molar-refractivity contribution is 0.353. The summed E-state index contributed by atoms with van der Waals surface area (Å²) in [7, 11) is 0. The van der Waals surface area contributed by atoms with Gasteiger partial charge in [-0.2, -0.15) is 0 Å². The molecule has 2 radical (unpaired) electrons. The van der Waals surface area contributed by atoms with Crippen molar-refractivity contribution in [2.75, 3.05) is 0 Å². The van der Waals surface area contributed by atoms with Crippen molar-refractivity contribution in [1.82, 2.24) is 0 Å². The number of hydrogen-bond donors (Lipinski definition) is 2. The molecule has 0 bridgehead atoms. The van der Waals surface area contributed by atoms with Crippen LogP contribution in [-0.2, 0) is 0 Å². The molecule has 2 heteroatoms. The highest BCUT2D eigenvalue weighted by Crippen LogP contribution is 1.83. The Morgan fingerprint density at radius 3 is 2.50 bits per heavy atom.